The minimum Gasteiger partial charge on any atom is -0.369 e. The molecule has 3 rings (SSSR count). The predicted octanol–water partition coefficient (Wildman–Crippen LogP) is 4.99. The fraction of sp³-hybridized carbons (Fsp3) is 0.0714. The zero-order valence-corrected chi connectivity index (χ0v) is 13.6. The number of fused-ring (bicyclic) bond motifs is 1. The molecule has 0 amide bonds. The summed E-state index contributed by atoms with van der Waals surface area (Å²) < 4.78 is 2.84. The third kappa shape index (κ3) is 2.28. The van der Waals surface area contributed by atoms with Crippen LogP contribution in [-0.4, -0.2) is 9.55 Å². The molecule has 0 saturated carbocycles. The number of aryl methyl sites for hydroxylation is 1. The summed E-state index contributed by atoms with van der Waals surface area (Å²) in [5.74, 6) is 0.399. The number of benzene rings is 2. The van der Waals surface area contributed by atoms with Gasteiger partial charge in [-0.25, -0.2) is 4.98 Å². The van der Waals surface area contributed by atoms with E-state index in [0.29, 0.717) is 16.0 Å². The summed E-state index contributed by atoms with van der Waals surface area (Å²) in [7, 11) is 0. The van der Waals surface area contributed by atoms with E-state index in [9.17, 15) is 0 Å². The Bertz CT molecular complexity index is 807. The fourth-order valence-electron chi connectivity index (χ4n) is 2.21. The lowest BCUT2D eigenvalue weighted by molar-refractivity contribution is 1.10. The highest BCUT2D eigenvalue weighted by Gasteiger charge is 2.13. The largest absolute Gasteiger partial charge is 0.369 e. The first-order valence-electron chi connectivity index (χ1n) is 5.86. The molecule has 2 N–H and O–H groups in total. The van der Waals surface area contributed by atoms with E-state index in [1.807, 2.05) is 29.7 Å². The number of nitrogen functional groups attached to an aromatic ring is 1. The summed E-state index contributed by atoms with van der Waals surface area (Å²) in [6.07, 6.45) is 0. The summed E-state index contributed by atoms with van der Waals surface area (Å²) in [6.45, 7) is 2.02. The lowest BCUT2D eigenvalue weighted by Gasteiger charge is -2.09. The van der Waals surface area contributed by atoms with Gasteiger partial charge in [-0.15, -0.1) is 0 Å². The van der Waals surface area contributed by atoms with Crippen LogP contribution in [0.2, 0.25) is 10.0 Å². The quantitative estimate of drug-likeness (QED) is 0.656. The first-order chi connectivity index (χ1) is 9.45. The number of anilines is 1. The van der Waals surface area contributed by atoms with E-state index in [2.05, 4.69) is 20.9 Å². The lowest BCUT2D eigenvalue weighted by atomic mass is 10.2. The first kappa shape index (κ1) is 13.7. The maximum absolute atomic E-state index is 6.10. The summed E-state index contributed by atoms with van der Waals surface area (Å²) >= 11 is 15.6. The number of hydrogen-bond acceptors (Lipinski definition) is 2. The van der Waals surface area contributed by atoms with Gasteiger partial charge in [-0.2, -0.15) is 0 Å². The highest BCUT2D eigenvalue weighted by atomic mass is 79.9. The fourth-order valence-corrected chi connectivity index (χ4v) is 3.12. The van der Waals surface area contributed by atoms with Crippen LogP contribution in [0.4, 0.5) is 5.95 Å². The Hall–Kier alpha value is -1.23. The molecule has 0 radical (unpaired) electrons. The Morgan fingerprint density at radius 2 is 1.80 bits per heavy atom. The first-order valence-corrected chi connectivity index (χ1v) is 7.41. The Morgan fingerprint density at radius 3 is 2.50 bits per heavy atom. The molecule has 6 heteroatoms. The van der Waals surface area contributed by atoms with Crippen molar-refractivity contribution in [1.82, 2.24) is 9.55 Å². The molecule has 0 saturated heterocycles. The molecule has 1 aromatic heterocycles. The second-order valence-corrected chi connectivity index (χ2v) is 6.28. The van der Waals surface area contributed by atoms with Crippen molar-refractivity contribution < 1.29 is 0 Å². The van der Waals surface area contributed by atoms with E-state index in [1.165, 1.54) is 0 Å². The van der Waals surface area contributed by atoms with Gasteiger partial charge in [0.15, 0.2) is 0 Å². The topological polar surface area (TPSA) is 43.8 Å². The number of nitrogens with zero attached hydrogens (tertiary/aromatic N) is 2. The SMILES string of the molecule is Cc1cc(Br)cc(-n2c(N)nc3cc(Cl)c(Cl)cc32)c1. The molecule has 0 aliphatic rings. The average Bonchev–Trinajstić information content (AvgIpc) is 2.64. The Kier molecular flexibility index (Phi) is 3.40. The van der Waals surface area contributed by atoms with Crippen molar-refractivity contribution in [2.75, 3.05) is 5.73 Å². The summed E-state index contributed by atoms with van der Waals surface area (Å²) in [5, 5.41) is 0.946. The normalized spacial score (nSPS) is 11.2. The molecule has 0 fully saturated rings. The smallest absolute Gasteiger partial charge is 0.205 e. The predicted molar refractivity (Wildman–Crippen MR) is 87.9 cm³/mol. The minimum atomic E-state index is 0.399. The van der Waals surface area contributed by atoms with Crippen LogP contribution in [0, 0.1) is 6.92 Å². The molecule has 102 valence electrons. The van der Waals surface area contributed by atoms with Crippen molar-refractivity contribution in [2.45, 2.75) is 6.92 Å². The molecule has 0 unspecified atom stereocenters. The number of halogens is 3. The van der Waals surface area contributed by atoms with Crippen LogP contribution in [0.1, 0.15) is 5.56 Å². The van der Waals surface area contributed by atoms with Gasteiger partial charge >= 0.3 is 0 Å². The lowest BCUT2D eigenvalue weighted by Crippen LogP contribution is -2.01. The van der Waals surface area contributed by atoms with Crippen LogP contribution in [-0.2, 0) is 0 Å². The maximum atomic E-state index is 6.10. The molecule has 0 aliphatic heterocycles. The van der Waals surface area contributed by atoms with E-state index in [0.717, 1.165) is 26.8 Å². The van der Waals surface area contributed by atoms with Crippen molar-refractivity contribution >= 4 is 56.1 Å². The van der Waals surface area contributed by atoms with Crippen LogP contribution in [0.5, 0.6) is 0 Å². The molecule has 3 aromatic rings. The molecular formula is C14H10BrCl2N3. The van der Waals surface area contributed by atoms with Gasteiger partial charge in [0.25, 0.3) is 0 Å². The molecule has 20 heavy (non-hydrogen) atoms. The van der Waals surface area contributed by atoms with E-state index < -0.39 is 0 Å². The van der Waals surface area contributed by atoms with Crippen LogP contribution in [0.25, 0.3) is 16.7 Å². The highest BCUT2D eigenvalue weighted by Crippen LogP contribution is 2.31. The van der Waals surface area contributed by atoms with Crippen LogP contribution < -0.4 is 5.73 Å². The van der Waals surface area contributed by atoms with Crippen LogP contribution >= 0.6 is 39.1 Å². The van der Waals surface area contributed by atoms with Crippen molar-refractivity contribution in [3.05, 3.63) is 50.4 Å². The van der Waals surface area contributed by atoms with Gasteiger partial charge < -0.3 is 5.73 Å². The monoisotopic (exact) mass is 369 g/mol. The number of hydrogen-bond donors (Lipinski definition) is 1. The van der Waals surface area contributed by atoms with Gasteiger partial charge in [-0.05, 0) is 42.8 Å². The van der Waals surface area contributed by atoms with Crippen molar-refractivity contribution in [1.29, 1.82) is 0 Å². The molecular weight excluding hydrogens is 361 g/mol. The molecule has 2 aromatic carbocycles. The standard InChI is InChI=1S/C14H10BrCl2N3/c1-7-2-8(15)4-9(3-7)20-13-6-11(17)10(16)5-12(13)19-14(20)18/h2-6H,1H3,(H2,18,19). The second-order valence-electron chi connectivity index (χ2n) is 4.55. The maximum Gasteiger partial charge on any atom is 0.205 e. The van der Waals surface area contributed by atoms with Crippen molar-refractivity contribution in [3.8, 4) is 5.69 Å². The van der Waals surface area contributed by atoms with E-state index in [4.69, 9.17) is 28.9 Å². The summed E-state index contributed by atoms with van der Waals surface area (Å²) in [5.41, 5.74) is 9.63. The Labute approximate surface area is 134 Å². The van der Waals surface area contributed by atoms with Gasteiger partial charge in [-0.1, -0.05) is 39.1 Å². The third-order valence-electron chi connectivity index (χ3n) is 3.01. The van der Waals surface area contributed by atoms with Gasteiger partial charge in [0.2, 0.25) is 5.95 Å². The zero-order valence-electron chi connectivity index (χ0n) is 10.5. The summed E-state index contributed by atoms with van der Waals surface area (Å²) in [4.78, 5) is 4.33. The number of aromatic nitrogens is 2. The van der Waals surface area contributed by atoms with Crippen LogP contribution in [0.3, 0.4) is 0 Å². The van der Waals surface area contributed by atoms with Gasteiger partial charge in [-0.3, -0.25) is 4.57 Å². The second kappa shape index (κ2) is 4.95. The van der Waals surface area contributed by atoms with Crippen molar-refractivity contribution in [2.24, 2.45) is 0 Å². The number of imidazole rings is 1. The molecule has 0 bridgehead atoms. The Balaban J connectivity index is 2.35. The van der Waals surface area contributed by atoms with E-state index in [1.54, 1.807) is 12.1 Å². The molecule has 3 nitrogen and oxygen atoms in total. The van der Waals surface area contributed by atoms with E-state index >= 15 is 0 Å². The number of rotatable bonds is 1. The van der Waals surface area contributed by atoms with Crippen LogP contribution in [0.15, 0.2) is 34.8 Å². The molecule has 0 spiro atoms. The Morgan fingerprint density at radius 1 is 1.10 bits per heavy atom. The van der Waals surface area contributed by atoms with E-state index in [-0.39, 0.29) is 0 Å². The van der Waals surface area contributed by atoms with Crippen molar-refractivity contribution in [3.63, 3.8) is 0 Å². The average molecular weight is 371 g/mol. The minimum absolute atomic E-state index is 0.399. The highest BCUT2D eigenvalue weighted by molar-refractivity contribution is 9.10. The van der Waals surface area contributed by atoms with Gasteiger partial charge in [0.1, 0.15) is 0 Å². The van der Waals surface area contributed by atoms with Gasteiger partial charge in [0.05, 0.1) is 26.8 Å². The zero-order chi connectivity index (χ0) is 14.4. The summed E-state index contributed by atoms with van der Waals surface area (Å²) in [6, 6.07) is 9.54. The third-order valence-corrected chi connectivity index (χ3v) is 4.19. The molecule has 0 atom stereocenters. The number of nitrogens with two attached hydrogens (primary N) is 1. The molecule has 1 heterocycles. The van der Waals surface area contributed by atoms with Gasteiger partial charge in [0, 0.05) is 4.47 Å². The molecule has 0 aliphatic carbocycles.